The molecule has 3 heteroatoms. The fraction of sp³-hybridized carbons (Fsp3) is 0. The first-order valence-corrected chi connectivity index (χ1v) is 5.53. The van der Waals surface area contributed by atoms with Crippen LogP contribution in [0.2, 0.25) is 0 Å². The van der Waals surface area contributed by atoms with Crippen LogP contribution >= 0.6 is 0 Å². The molecule has 0 aliphatic carbocycles. The Morgan fingerprint density at radius 1 is 0.947 bits per heavy atom. The molecule has 0 amide bonds. The molecule has 0 fully saturated rings. The Hall–Kier alpha value is -3.04. The quantitative estimate of drug-likeness (QED) is 0.622. The summed E-state index contributed by atoms with van der Waals surface area (Å²) in [7, 11) is 0. The number of nitrogens with zero attached hydrogens (tertiary/aromatic N) is 1. The zero-order chi connectivity index (χ0) is 13.7. The van der Waals surface area contributed by atoms with Crippen molar-refractivity contribution in [3.8, 4) is 23.7 Å². The van der Waals surface area contributed by atoms with Crippen molar-refractivity contribution in [3.63, 3.8) is 0 Å². The van der Waals surface area contributed by atoms with Gasteiger partial charge < -0.3 is 5.11 Å². The van der Waals surface area contributed by atoms with Crippen LogP contribution in [0.5, 0.6) is 5.75 Å². The molecule has 2 aromatic rings. The second-order valence-electron chi connectivity index (χ2n) is 3.83. The van der Waals surface area contributed by atoms with Crippen molar-refractivity contribution in [3.05, 3.63) is 64.7 Å². The summed E-state index contributed by atoms with van der Waals surface area (Å²) < 4.78 is 0. The molecule has 19 heavy (non-hydrogen) atoms. The van der Waals surface area contributed by atoms with Crippen molar-refractivity contribution in [1.82, 2.24) is 0 Å². The van der Waals surface area contributed by atoms with Gasteiger partial charge in [-0.25, -0.2) is 0 Å². The summed E-state index contributed by atoms with van der Waals surface area (Å²) in [6, 6.07) is 13.6. The summed E-state index contributed by atoms with van der Waals surface area (Å²) in [4.78, 5) is 10.6. The van der Waals surface area contributed by atoms with Crippen LogP contribution in [0.15, 0.2) is 42.5 Å². The molecule has 90 valence electrons. The number of aldehydes is 1. The maximum Gasteiger partial charge on any atom is 0.153 e. The van der Waals surface area contributed by atoms with Crippen LogP contribution in [0.3, 0.4) is 0 Å². The van der Waals surface area contributed by atoms with E-state index >= 15 is 0 Å². The van der Waals surface area contributed by atoms with Gasteiger partial charge in [-0.2, -0.15) is 5.26 Å². The van der Waals surface area contributed by atoms with E-state index in [2.05, 4.69) is 11.8 Å². The highest BCUT2D eigenvalue weighted by atomic mass is 16.3. The molecular weight excluding hydrogens is 238 g/mol. The molecule has 2 rings (SSSR count). The van der Waals surface area contributed by atoms with E-state index in [1.807, 2.05) is 6.07 Å². The molecule has 0 saturated carbocycles. The molecule has 0 heterocycles. The third-order valence-corrected chi connectivity index (χ3v) is 2.52. The number of nitriles is 1. The van der Waals surface area contributed by atoms with Gasteiger partial charge in [0.1, 0.15) is 5.75 Å². The standard InChI is InChI=1S/C16H9NO2/c17-10-14-5-2-12(3-6-14)1-4-13-7-8-15(11-18)16(19)9-13/h2-3,5-9,11,19H. The largest absolute Gasteiger partial charge is 0.507 e. The fourth-order valence-corrected chi connectivity index (χ4v) is 1.49. The summed E-state index contributed by atoms with van der Waals surface area (Å²) in [5.74, 6) is 5.72. The predicted molar refractivity (Wildman–Crippen MR) is 70.6 cm³/mol. The Morgan fingerprint density at radius 2 is 1.53 bits per heavy atom. The molecule has 0 aliphatic heterocycles. The molecule has 1 N–H and O–H groups in total. The number of aromatic hydroxyl groups is 1. The van der Waals surface area contributed by atoms with Gasteiger partial charge in [0, 0.05) is 11.1 Å². The highest BCUT2D eigenvalue weighted by Crippen LogP contribution is 2.16. The minimum atomic E-state index is -0.0818. The minimum absolute atomic E-state index is 0.0818. The molecule has 0 radical (unpaired) electrons. The first-order chi connectivity index (χ1) is 9.22. The van der Waals surface area contributed by atoms with Crippen LogP contribution < -0.4 is 0 Å². The zero-order valence-corrected chi connectivity index (χ0v) is 9.92. The van der Waals surface area contributed by atoms with Gasteiger partial charge in [-0.15, -0.1) is 0 Å². The normalized spacial score (nSPS) is 9.00. The van der Waals surface area contributed by atoms with Gasteiger partial charge in [-0.3, -0.25) is 4.79 Å². The van der Waals surface area contributed by atoms with Crippen molar-refractivity contribution in [2.75, 3.05) is 0 Å². The number of carbonyl (C=O) groups is 1. The van der Waals surface area contributed by atoms with E-state index in [0.29, 0.717) is 17.4 Å². The lowest BCUT2D eigenvalue weighted by molar-refractivity contribution is 0.112. The van der Waals surface area contributed by atoms with Crippen molar-refractivity contribution < 1.29 is 9.90 Å². The lowest BCUT2D eigenvalue weighted by Crippen LogP contribution is -1.83. The first-order valence-electron chi connectivity index (χ1n) is 5.53. The number of benzene rings is 2. The van der Waals surface area contributed by atoms with Gasteiger partial charge >= 0.3 is 0 Å². The number of rotatable bonds is 1. The van der Waals surface area contributed by atoms with Crippen molar-refractivity contribution in [1.29, 1.82) is 5.26 Å². The van der Waals surface area contributed by atoms with Gasteiger partial charge in [0.15, 0.2) is 6.29 Å². The average molecular weight is 247 g/mol. The minimum Gasteiger partial charge on any atom is -0.507 e. The summed E-state index contributed by atoms with van der Waals surface area (Å²) in [5.41, 5.74) is 2.22. The summed E-state index contributed by atoms with van der Waals surface area (Å²) >= 11 is 0. The second-order valence-corrected chi connectivity index (χ2v) is 3.83. The number of hydrogen-bond acceptors (Lipinski definition) is 3. The van der Waals surface area contributed by atoms with Crippen LogP contribution in [0, 0.1) is 23.2 Å². The lowest BCUT2D eigenvalue weighted by atomic mass is 10.1. The smallest absolute Gasteiger partial charge is 0.153 e. The van der Waals surface area contributed by atoms with Crippen LogP contribution in [-0.4, -0.2) is 11.4 Å². The van der Waals surface area contributed by atoms with Crippen LogP contribution in [0.25, 0.3) is 0 Å². The molecule has 0 saturated heterocycles. The molecule has 2 aromatic carbocycles. The van der Waals surface area contributed by atoms with E-state index < -0.39 is 0 Å². The van der Waals surface area contributed by atoms with Gasteiger partial charge in [0.2, 0.25) is 0 Å². The third-order valence-electron chi connectivity index (χ3n) is 2.52. The Morgan fingerprint density at radius 3 is 2.11 bits per heavy atom. The van der Waals surface area contributed by atoms with Crippen LogP contribution in [-0.2, 0) is 0 Å². The SMILES string of the molecule is N#Cc1ccc(C#Cc2ccc(C=O)c(O)c2)cc1. The van der Waals surface area contributed by atoms with Gasteiger partial charge in [-0.1, -0.05) is 11.8 Å². The highest BCUT2D eigenvalue weighted by Gasteiger charge is 1.99. The van der Waals surface area contributed by atoms with E-state index in [4.69, 9.17) is 5.26 Å². The van der Waals surface area contributed by atoms with Gasteiger partial charge in [-0.05, 0) is 42.5 Å². The maximum absolute atomic E-state index is 10.6. The number of carbonyl (C=O) groups excluding carboxylic acids is 1. The predicted octanol–water partition coefficient (Wildman–Crippen LogP) is 2.48. The van der Waals surface area contributed by atoms with E-state index in [1.54, 1.807) is 30.3 Å². The summed E-state index contributed by atoms with van der Waals surface area (Å²) in [6.45, 7) is 0. The van der Waals surface area contributed by atoms with E-state index in [0.717, 1.165) is 5.56 Å². The second kappa shape index (κ2) is 5.53. The fourth-order valence-electron chi connectivity index (χ4n) is 1.49. The van der Waals surface area contributed by atoms with E-state index in [9.17, 15) is 9.90 Å². The van der Waals surface area contributed by atoms with Crippen LogP contribution in [0.1, 0.15) is 27.0 Å². The molecule has 3 nitrogen and oxygen atoms in total. The lowest BCUT2D eigenvalue weighted by Gasteiger charge is -1.96. The number of phenolic OH excluding ortho intramolecular Hbond substituents is 1. The molecular formula is C16H9NO2. The maximum atomic E-state index is 10.6. The number of hydrogen-bond donors (Lipinski definition) is 1. The topological polar surface area (TPSA) is 61.1 Å². The molecule has 0 atom stereocenters. The Bertz CT molecular complexity index is 713. The Labute approximate surface area is 110 Å². The molecule has 0 bridgehead atoms. The van der Waals surface area contributed by atoms with Crippen LogP contribution in [0.4, 0.5) is 0 Å². The summed E-state index contributed by atoms with van der Waals surface area (Å²) in [6.07, 6.45) is 0.590. The van der Waals surface area contributed by atoms with Crippen molar-refractivity contribution >= 4 is 6.29 Å². The zero-order valence-electron chi connectivity index (χ0n) is 9.92. The van der Waals surface area contributed by atoms with Gasteiger partial charge in [0.25, 0.3) is 0 Å². The summed E-state index contributed by atoms with van der Waals surface area (Å²) in [5, 5.41) is 18.2. The van der Waals surface area contributed by atoms with E-state index in [1.165, 1.54) is 12.1 Å². The van der Waals surface area contributed by atoms with Crippen molar-refractivity contribution in [2.24, 2.45) is 0 Å². The van der Waals surface area contributed by atoms with Gasteiger partial charge in [0.05, 0.1) is 17.2 Å². The Balaban J connectivity index is 2.26. The highest BCUT2D eigenvalue weighted by molar-refractivity contribution is 5.79. The molecule has 0 aromatic heterocycles. The number of phenols is 1. The monoisotopic (exact) mass is 247 g/mol. The third kappa shape index (κ3) is 3.00. The molecule has 0 spiro atoms. The molecule has 0 aliphatic rings. The molecule has 0 unspecified atom stereocenters. The Kier molecular flexibility index (Phi) is 3.61. The first kappa shape index (κ1) is 12.4. The van der Waals surface area contributed by atoms with Crippen molar-refractivity contribution in [2.45, 2.75) is 0 Å². The average Bonchev–Trinajstić information content (AvgIpc) is 2.46. The van der Waals surface area contributed by atoms with E-state index in [-0.39, 0.29) is 11.3 Å².